The number of fused-ring (bicyclic) bond motifs is 1. The van der Waals surface area contributed by atoms with Crippen LogP contribution in [-0.4, -0.2) is 81.5 Å². The van der Waals surface area contributed by atoms with Gasteiger partial charge in [-0.05, 0) is 43.0 Å². The Balaban J connectivity index is 1.73. The summed E-state index contributed by atoms with van der Waals surface area (Å²) in [5, 5.41) is 5.59. The van der Waals surface area contributed by atoms with Crippen LogP contribution >= 0.6 is 0 Å². The second kappa shape index (κ2) is 10.3. The van der Waals surface area contributed by atoms with Gasteiger partial charge < -0.3 is 20.4 Å². The van der Waals surface area contributed by atoms with Crippen LogP contribution in [0.5, 0.6) is 0 Å². The van der Waals surface area contributed by atoms with E-state index in [2.05, 4.69) is 57.6 Å². The zero-order valence-electron chi connectivity index (χ0n) is 18.9. The molecule has 1 aromatic carbocycles. The molecule has 0 aromatic heterocycles. The number of anilines is 1. The molecule has 3 rings (SSSR count). The van der Waals surface area contributed by atoms with Gasteiger partial charge in [0.2, 0.25) is 0 Å². The van der Waals surface area contributed by atoms with Crippen molar-refractivity contribution in [2.24, 2.45) is 5.92 Å². The Morgan fingerprint density at radius 1 is 0.967 bits per heavy atom. The lowest BCUT2D eigenvalue weighted by Crippen LogP contribution is -2.50. The van der Waals surface area contributed by atoms with Crippen molar-refractivity contribution in [2.75, 3.05) is 64.8 Å². The average molecular weight is 416 g/mol. The third-order valence-corrected chi connectivity index (χ3v) is 6.15. The van der Waals surface area contributed by atoms with Gasteiger partial charge in [0.15, 0.2) is 0 Å². The van der Waals surface area contributed by atoms with Crippen LogP contribution in [0, 0.1) is 5.92 Å². The predicted octanol–water partition coefficient (Wildman–Crippen LogP) is 1.25. The number of hydrogen-bond acceptors (Lipinski definition) is 5. The van der Waals surface area contributed by atoms with Gasteiger partial charge in [0.05, 0.1) is 6.04 Å². The van der Waals surface area contributed by atoms with E-state index >= 15 is 0 Å². The molecule has 166 valence electrons. The highest BCUT2D eigenvalue weighted by molar-refractivity contribution is 6.35. The fourth-order valence-electron chi connectivity index (χ4n) is 4.25. The van der Waals surface area contributed by atoms with Crippen LogP contribution in [-0.2, 0) is 16.0 Å². The lowest BCUT2D eigenvalue weighted by Gasteiger charge is -2.39. The van der Waals surface area contributed by atoms with Crippen molar-refractivity contribution in [2.45, 2.75) is 32.7 Å². The largest absolute Gasteiger partial charge is 0.374 e. The van der Waals surface area contributed by atoms with Gasteiger partial charge in [-0.2, -0.15) is 0 Å². The lowest BCUT2D eigenvalue weighted by molar-refractivity contribution is -0.139. The highest BCUT2D eigenvalue weighted by atomic mass is 16.2. The summed E-state index contributed by atoms with van der Waals surface area (Å²) in [5.74, 6) is -0.783. The molecule has 7 nitrogen and oxygen atoms in total. The standard InChI is InChI=1S/C23H37N5O2/c1-17(2)15-24-22(29)23(30)25-16-21(28-12-10-26(3)11-13-28)19-7-8-20-18(14-19)6-5-9-27(20)4/h7-8,14,17,21H,5-6,9-13,15-16H2,1-4H3,(H,24,29)(H,25,30)/t21-/m0/s1. The first-order valence-corrected chi connectivity index (χ1v) is 11.2. The number of likely N-dealkylation sites (N-methyl/N-ethyl adjacent to an activating group) is 1. The van der Waals surface area contributed by atoms with E-state index in [0.29, 0.717) is 19.0 Å². The van der Waals surface area contributed by atoms with Crippen LogP contribution < -0.4 is 15.5 Å². The van der Waals surface area contributed by atoms with Crippen LogP contribution in [0.2, 0.25) is 0 Å². The molecule has 0 aliphatic carbocycles. The maximum Gasteiger partial charge on any atom is 0.309 e. The highest BCUT2D eigenvalue weighted by Gasteiger charge is 2.26. The first-order valence-electron chi connectivity index (χ1n) is 11.2. The molecule has 0 saturated carbocycles. The minimum absolute atomic E-state index is 0.0677. The number of benzene rings is 1. The first kappa shape index (κ1) is 22.6. The Hall–Kier alpha value is -2.12. The van der Waals surface area contributed by atoms with Gasteiger partial charge in [0.25, 0.3) is 0 Å². The lowest BCUT2D eigenvalue weighted by atomic mass is 9.95. The molecule has 7 heteroatoms. The summed E-state index contributed by atoms with van der Waals surface area (Å²) < 4.78 is 0. The van der Waals surface area contributed by atoms with E-state index in [-0.39, 0.29) is 6.04 Å². The summed E-state index contributed by atoms with van der Waals surface area (Å²) in [4.78, 5) is 31.5. The summed E-state index contributed by atoms with van der Waals surface area (Å²) in [5.41, 5.74) is 3.90. The molecule has 1 aromatic rings. The second-order valence-electron chi connectivity index (χ2n) is 9.08. The summed E-state index contributed by atoms with van der Waals surface area (Å²) in [7, 11) is 4.29. The Labute approximate surface area is 180 Å². The van der Waals surface area contributed by atoms with Crippen LogP contribution in [0.3, 0.4) is 0 Å². The molecule has 1 fully saturated rings. The van der Waals surface area contributed by atoms with Gasteiger partial charge in [-0.3, -0.25) is 14.5 Å². The Morgan fingerprint density at radius 2 is 1.63 bits per heavy atom. The molecule has 0 radical (unpaired) electrons. The number of carbonyl (C=O) groups excluding carboxylic acids is 2. The predicted molar refractivity (Wildman–Crippen MR) is 121 cm³/mol. The average Bonchev–Trinajstić information content (AvgIpc) is 2.73. The van der Waals surface area contributed by atoms with Gasteiger partial charge in [0, 0.05) is 58.5 Å². The van der Waals surface area contributed by atoms with Crippen molar-refractivity contribution in [3.63, 3.8) is 0 Å². The second-order valence-corrected chi connectivity index (χ2v) is 9.08. The summed E-state index contributed by atoms with van der Waals surface area (Å²) in [6.07, 6.45) is 2.26. The van der Waals surface area contributed by atoms with E-state index in [1.807, 2.05) is 13.8 Å². The zero-order valence-corrected chi connectivity index (χ0v) is 18.9. The van der Waals surface area contributed by atoms with Crippen molar-refractivity contribution in [3.8, 4) is 0 Å². The minimum Gasteiger partial charge on any atom is -0.374 e. The molecule has 2 aliphatic rings. The van der Waals surface area contributed by atoms with Gasteiger partial charge in [-0.25, -0.2) is 0 Å². The van der Waals surface area contributed by atoms with E-state index in [1.54, 1.807) is 0 Å². The smallest absolute Gasteiger partial charge is 0.309 e. The van der Waals surface area contributed by atoms with E-state index in [0.717, 1.165) is 39.1 Å². The third-order valence-electron chi connectivity index (χ3n) is 6.15. The molecule has 2 amide bonds. The fraction of sp³-hybridized carbons (Fsp3) is 0.652. The van der Waals surface area contributed by atoms with Crippen LogP contribution in [0.25, 0.3) is 0 Å². The molecule has 30 heavy (non-hydrogen) atoms. The third kappa shape index (κ3) is 5.73. The Morgan fingerprint density at radius 3 is 2.30 bits per heavy atom. The van der Waals surface area contributed by atoms with E-state index < -0.39 is 11.8 Å². The van der Waals surface area contributed by atoms with Crippen LogP contribution in [0.4, 0.5) is 5.69 Å². The summed E-state index contributed by atoms with van der Waals surface area (Å²) in [6, 6.07) is 6.77. The molecule has 1 saturated heterocycles. The zero-order chi connectivity index (χ0) is 21.7. The van der Waals surface area contributed by atoms with Crippen molar-refractivity contribution >= 4 is 17.5 Å². The number of hydrogen-bond donors (Lipinski definition) is 2. The fourth-order valence-corrected chi connectivity index (χ4v) is 4.25. The SMILES string of the molecule is CC(C)CNC(=O)C(=O)NC[C@@H](c1ccc2c(c1)CCCN2C)N1CCN(C)CC1. The van der Waals surface area contributed by atoms with Crippen LogP contribution in [0.1, 0.15) is 37.4 Å². The number of piperazine rings is 1. The molecule has 0 bridgehead atoms. The molecular weight excluding hydrogens is 378 g/mol. The minimum atomic E-state index is -0.549. The van der Waals surface area contributed by atoms with E-state index in [9.17, 15) is 9.59 Å². The van der Waals surface area contributed by atoms with Gasteiger partial charge in [-0.1, -0.05) is 26.0 Å². The number of rotatable bonds is 6. The molecular formula is C23H37N5O2. The van der Waals surface area contributed by atoms with Gasteiger partial charge in [0.1, 0.15) is 0 Å². The van der Waals surface area contributed by atoms with Crippen LogP contribution in [0.15, 0.2) is 18.2 Å². The molecule has 0 spiro atoms. The number of amides is 2. The maximum absolute atomic E-state index is 12.3. The van der Waals surface area contributed by atoms with Crippen molar-refractivity contribution < 1.29 is 9.59 Å². The van der Waals surface area contributed by atoms with Crippen molar-refractivity contribution in [3.05, 3.63) is 29.3 Å². The number of nitrogens with one attached hydrogen (secondary N) is 2. The monoisotopic (exact) mass is 415 g/mol. The normalized spacial score (nSPS) is 18.8. The molecule has 2 aliphatic heterocycles. The molecule has 0 unspecified atom stereocenters. The maximum atomic E-state index is 12.3. The molecule has 2 heterocycles. The quantitative estimate of drug-likeness (QED) is 0.685. The van der Waals surface area contributed by atoms with E-state index in [4.69, 9.17) is 0 Å². The van der Waals surface area contributed by atoms with Crippen molar-refractivity contribution in [1.29, 1.82) is 0 Å². The Kier molecular flexibility index (Phi) is 7.72. The van der Waals surface area contributed by atoms with Gasteiger partial charge >= 0.3 is 11.8 Å². The Bertz CT molecular complexity index is 743. The number of carbonyl (C=O) groups is 2. The van der Waals surface area contributed by atoms with E-state index in [1.165, 1.54) is 23.2 Å². The topological polar surface area (TPSA) is 67.9 Å². The van der Waals surface area contributed by atoms with Gasteiger partial charge in [-0.15, -0.1) is 0 Å². The number of aryl methyl sites for hydroxylation is 1. The summed E-state index contributed by atoms with van der Waals surface area (Å²) >= 11 is 0. The first-order chi connectivity index (χ1) is 14.3. The molecule has 1 atom stereocenters. The highest BCUT2D eigenvalue weighted by Crippen LogP contribution is 2.31. The van der Waals surface area contributed by atoms with Crippen molar-refractivity contribution in [1.82, 2.24) is 20.4 Å². The number of nitrogens with zero attached hydrogens (tertiary/aromatic N) is 3. The summed E-state index contributed by atoms with van der Waals surface area (Å²) in [6.45, 7) is 9.97. The molecule has 2 N–H and O–H groups in total.